The number of rotatable bonds is 3. The summed E-state index contributed by atoms with van der Waals surface area (Å²) in [4.78, 5) is 11.2. The van der Waals surface area contributed by atoms with Crippen LogP contribution in [0.2, 0.25) is 0 Å². The third kappa shape index (κ3) is 2.58. The van der Waals surface area contributed by atoms with E-state index in [0.29, 0.717) is 5.92 Å². The number of nitrogens with one attached hydrogen (secondary N) is 1. The van der Waals surface area contributed by atoms with Gasteiger partial charge in [0.2, 0.25) is 0 Å². The van der Waals surface area contributed by atoms with Gasteiger partial charge in [0.15, 0.2) is 0 Å². The van der Waals surface area contributed by atoms with Crippen LogP contribution in [0.1, 0.15) is 23.3 Å². The van der Waals surface area contributed by atoms with E-state index < -0.39 is 0 Å². The van der Waals surface area contributed by atoms with Crippen LogP contribution in [0, 0.1) is 19.8 Å². The number of nitrogens with zero attached hydrogens (tertiary/aromatic N) is 2. The molecular formula is C14H19N3OS. The molecule has 0 amide bonds. The molecule has 0 saturated carbocycles. The zero-order chi connectivity index (χ0) is 13.2. The Labute approximate surface area is 117 Å². The van der Waals surface area contributed by atoms with Crippen molar-refractivity contribution in [2.24, 2.45) is 5.92 Å². The molecule has 0 aliphatic carbocycles. The SMILES string of the molecule is Cc1sc2ncnc(NCC3CCOCC3)c2c1C. The molecule has 1 fully saturated rings. The van der Waals surface area contributed by atoms with Crippen LogP contribution in [-0.4, -0.2) is 29.7 Å². The lowest BCUT2D eigenvalue weighted by molar-refractivity contribution is 0.0699. The molecule has 2 aromatic heterocycles. The van der Waals surface area contributed by atoms with Crippen LogP contribution in [0.5, 0.6) is 0 Å². The van der Waals surface area contributed by atoms with Gasteiger partial charge in [-0.1, -0.05) is 0 Å². The van der Waals surface area contributed by atoms with Gasteiger partial charge in [-0.05, 0) is 38.2 Å². The Kier molecular flexibility index (Phi) is 3.66. The lowest BCUT2D eigenvalue weighted by atomic mass is 10.0. The Morgan fingerprint density at radius 3 is 2.89 bits per heavy atom. The van der Waals surface area contributed by atoms with Crippen molar-refractivity contribution in [1.29, 1.82) is 0 Å². The summed E-state index contributed by atoms with van der Waals surface area (Å²) in [5, 5.41) is 4.70. The van der Waals surface area contributed by atoms with Crippen LogP contribution >= 0.6 is 11.3 Å². The molecule has 2 aromatic rings. The Hall–Kier alpha value is -1.20. The van der Waals surface area contributed by atoms with Gasteiger partial charge in [0.1, 0.15) is 17.0 Å². The summed E-state index contributed by atoms with van der Waals surface area (Å²) >= 11 is 1.74. The first kappa shape index (κ1) is 12.8. The number of anilines is 1. The third-order valence-electron chi connectivity index (χ3n) is 3.86. The Bertz CT molecular complexity index is 575. The summed E-state index contributed by atoms with van der Waals surface area (Å²) in [6.07, 6.45) is 3.94. The number of ether oxygens (including phenoxy) is 1. The summed E-state index contributed by atoms with van der Waals surface area (Å²) in [6.45, 7) is 7.05. The van der Waals surface area contributed by atoms with Crippen molar-refractivity contribution < 1.29 is 4.74 Å². The van der Waals surface area contributed by atoms with Crippen molar-refractivity contribution in [2.75, 3.05) is 25.1 Å². The standard InChI is InChI=1S/C14H19N3OS/c1-9-10(2)19-14-12(9)13(16-8-17-14)15-7-11-3-5-18-6-4-11/h8,11H,3-7H2,1-2H3,(H,15,16,17). The summed E-state index contributed by atoms with van der Waals surface area (Å²) < 4.78 is 5.39. The molecule has 0 atom stereocenters. The number of aryl methyl sites for hydroxylation is 2. The monoisotopic (exact) mass is 277 g/mol. The van der Waals surface area contributed by atoms with E-state index in [4.69, 9.17) is 4.74 Å². The van der Waals surface area contributed by atoms with Crippen LogP contribution in [-0.2, 0) is 4.74 Å². The van der Waals surface area contributed by atoms with E-state index in [1.807, 2.05) is 0 Å². The minimum absolute atomic E-state index is 0.693. The fourth-order valence-electron chi connectivity index (χ4n) is 2.51. The molecule has 0 radical (unpaired) electrons. The average Bonchev–Trinajstić information content (AvgIpc) is 2.74. The Morgan fingerprint density at radius 1 is 1.32 bits per heavy atom. The highest BCUT2D eigenvalue weighted by atomic mass is 32.1. The van der Waals surface area contributed by atoms with E-state index in [9.17, 15) is 0 Å². The van der Waals surface area contributed by atoms with E-state index in [2.05, 4.69) is 29.1 Å². The molecule has 0 bridgehead atoms. The molecule has 5 heteroatoms. The Morgan fingerprint density at radius 2 is 2.11 bits per heavy atom. The summed E-state index contributed by atoms with van der Waals surface area (Å²) in [5.41, 5.74) is 1.30. The molecule has 19 heavy (non-hydrogen) atoms. The molecule has 3 heterocycles. The van der Waals surface area contributed by atoms with Gasteiger partial charge < -0.3 is 10.1 Å². The van der Waals surface area contributed by atoms with E-state index in [1.54, 1.807) is 17.7 Å². The molecule has 1 N–H and O–H groups in total. The Balaban J connectivity index is 1.80. The lowest BCUT2D eigenvalue weighted by Gasteiger charge is -2.22. The number of hydrogen-bond acceptors (Lipinski definition) is 5. The maximum atomic E-state index is 5.39. The van der Waals surface area contributed by atoms with Gasteiger partial charge in [-0.3, -0.25) is 0 Å². The second kappa shape index (κ2) is 5.43. The highest BCUT2D eigenvalue weighted by Crippen LogP contribution is 2.32. The largest absolute Gasteiger partial charge is 0.381 e. The average molecular weight is 277 g/mol. The normalized spacial score (nSPS) is 16.9. The molecular weight excluding hydrogens is 258 g/mol. The molecule has 0 unspecified atom stereocenters. The molecule has 102 valence electrons. The van der Waals surface area contributed by atoms with Crippen molar-refractivity contribution in [3.05, 3.63) is 16.8 Å². The second-order valence-corrected chi connectivity index (χ2v) is 6.33. The number of thiophene rings is 1. The number of aromatic nitrogens is 2. The summed E-state index contributed by atoms with van der Waals surface area (Å²) in [6, 6.07) is 0. The second-order valence-electron chi connectivity index (χ2n) is 5.12. The van der Waals surface area contributed by atoms with Gasteiger partial charge in [-0.2, -0.15) is 0 Å². The molecule has 0 spiro atoms. The fourth-order valence-corrected chi connectivity index (χ4v) is 3.50. The van der Waals surface area contributed by atoms with E-state index >= 15 is 0 Å². The molecule has 3 rings (SSSR count). The molecule has 4 nitrogen and oxygen atoms in total. The molecule has 1 aliphatic rings. The maximum absolute atomic E-state index is 5.39. The van der Waals surface area contributed by atoms with Gasteiger partial charge in [0.25, 0.3) is 0 Å². The highest BCUT2D eigenvalue weighted by Gasteiger charge is 2.16. The summed E-state index contributed by atoms with van der Waals surface area (Å²) in [5.74, 6) is 1.68. The van der Waals surface area contributed by atoms with Gasteiger partial charge in [-0.25, -0.2) is 9.97 Å². The van der Waals surface area contributed by atoms with Gasteiger partial charge in [0.05, 0.1) is 5.39 Å². The smallest absolute Gasteiger partial charge is 0.138 e. The minimum Gasteiger partial charge on any atom is -0.381 e. The molecule has 1 saturated heterocycles. The van der Waals surface area contributed by atoms with Crippen LogP contribution < -0.4 is 5.32 Å². The van der Waals surface area contributed by atoms with E-state index in [-0.39, 0.29) is 0 Å². The number of hydrogen-bond donors (Lipinski definition) is 1. The van der Waals surface area contributed by atoms with Crippen LogP contribution in [0.25, 0.3) is 10.2 Å². The molecule has 0 aromatic carbocycles. The quantitative estimate of drug-likeness (QED) is 0.936. The summed E-state index contributed by atoms with van der Waals surface area (Å²) in [7, 11) is 0. The molecule has 1 aliphatic heterocycles. The van der Waals surface area contributed by atoms with Gasteiger partial charge in [-0.15, -0.1) is 11.3 Å². The van der Waals surface area contributed by atoms with Gasteiger partial charge >= 0.3 is 0 Å². The number of fused-ring (bicyclic) bond motifs is 1. The zero-order valence-corrected chi connectivity index (χ0v) is 12.2. The first-order valence-corrected chi connectivity index (χ1v) is 7.59. The maximum Gasteiger partial charge on any atom is 0.138 e. The van der Waals surface area contributed by atoms with Crippen molar-refractivity contribution >= 4 is 27.4 Å². The van der Waals surface area contributed by atoms with Crippen LogP contribution in [0.15, 0.2) is 6.33 Å². The van der Waals surface area contributed by atoms with Crippen molar-refractivity contribution in [3.63, 3.8) is 0 Å². The van der Waals surface area contributed by atoms with Crippen LogP contribution in [0.3, 0.4) is 0 Å². The minimum atomic E-state index is 0.693. The zero-order valence-electron chi connectivity index (χ0n) is 11.4. The van der Waals surface area contributed by atoms with E-state index in [0.717, 1.165) is 43.2 Å². The van der Waals surface area contributed by atoms with Gasteiger partial charge in [0, 0.05) is 24.6 Å². The fraction of sp³-hybridized carbons (Fsp3) is 0.571. The van der Waals surface area contributed by atoms with Crippen molar-refractivity contribution in [2.45, 2.75) is 26.7 Å². The first-order chi connectivity index (χ1) is 9.25. The third-order valence-corrected chi connectivity index (χ3v) is 4.98. The van der Waals surface area contributed by atoms with Crippen molar-refractivity contribution in [3.8, 4) is 0 Å². The predicted octanol–water partition coefficient (Wildman–Crippen LogP) is 3.15. The lowest BCUT2D eigenvalue weighted by Crippen LogP contribution is -2.23. The highest BCUT2D eigenvalue weighted by molar-refractivity contribution is 7.18. The topological polar surface area (TPSA) is 47.0 Å². The first-order valence-electron chi connectivity index (χ1n) is 6.78. The predicted molar refractivity (Wildman–Crippen MR) is 78.9 cm³/mol. The van der Waals surface area contributed by atoms with E-state index in [1.165, 1.54) is 15.8 Å². The van der Waals surface area contributed by atoms with Crippen LogP contribution in [0.4, 0.5) is 5.82 Å². The van der Waals surface area contributed by atoms with Crippen molar-refractivity contribution in [1.82, 2.24) is 9.97 Å².